The van der Waals surface area contributed by atoms with E-state index in [4.69, 9.17) is 0 Å². The lowest BCUT2D eigenvalue weighted by Gasteiger charge is -2.20. The van der Waals surface area contributed by atoms with E-state index in [0.29, 0.717) is 5.92 Å². The molecule has 2 heteroatoms. The molecule has 3 rings (SSSR count). The Morgan fingerprint density at radius 1 is 1.21 bits per heavy atom. The van der Waals surface area contributed by atoms with Gasteiger partial charge in [0, 0.05) is 38.0 Å². The Labute approximate surface area is 145 Å². The fraction of sp³-hybridized carbons (Fsp3) is 0.318. The third-order valence-electron chi connectivity index (χ3n) is 4.95. The Morgan fingerprint density at radius 3 is 2.58 bits per heavy atom. The van der Waals surface area contributed by atoms with E-state index in [-0.39, 0.29) is 5.41 Å². The summed E-state index contributed by atoms with van der Waals surface area (Å²) in [6, 6.07) is 8.80. The Bertz CT molecular complexity index is 737. The van der Waals surface area contributed by atoms with Crippen LogP contribution in [0.15, 0.2) is 73.5 Å². The van der Waals surface area contributed by atoms with Crippen molar-refractivity contribution < 1.29 is 4.58 Å². The highest BCUT2D eigenvalue weighted by molar-refractivity contribution is 6.03. The first-order valence-corrected chi connectivity index (χ1v) is 8.61. The average molecular weight is 319 g/mol. The fourth-order valence-corrected chi connectivity index (χ4v) is 3.75. The summed E-state index contributed by atoms with van der Waals surface area (Å²) in [6.07, 6.45) is 16.2. The minimum absolute atomic E-state index is 0.0309. The van der Waals surface area contributed by atoms with Crippen molar-refractivity contribution in [2.75, 3.05) is 20.6 Å². The van der Waals surface area contributed by atoms with E-state index in [2.05, 4.69) is 97.9 Å². The standard InChI is InChI=1S/C22H27N2/c1-5-15-22(2)19-12-8-9-13-20(19)24(17-18-10-6-7-11-18)21(22)14-16-23(3)4/h5-14,16,18H,1,15,17H2,2-4H3/q+1. The lowest BCUT2D eigenvalue weighted by Crippen LogP contribution is -2.32. The Morgan fingerprint density at radius 2 is 1.92 bits per heavy atom. The number of para-hydroxylation sites is 1. The van der Waals surface area contributed by atoms with Gasteiger partial charge in [0.15, 0.2) is 12.3 Å². The zero-order valence-corrected chi connectivity index (χ0v) is 14.9. The molecule has 0 spiro atoms. The van der Waals surface area contributed by atoms with Crippen molar-refractivity contribution in [3.63, 3.8) is 0 Å². The lowest BCUT2D eigenvalue weighted by molar-refractivity contribution is -0.441. The summed E-state index contributed by atoms with van der Waals surface area (Å²) >= 11 is 0. The molecule has 0 saturated heterocycles. The van der Waals surface area contributed by atoms with Crippen LogP contribution in [0.3, 0.4) is 0 Å². The summed E-state index contributed by atoms with van der Waals surface area (Å²) in [5.41, 5.74) is 4.05. The van der Waals surface area contributed by atoms with E-state index in [1.165, 1.54) is 17.0 Å². The van der Waals surface area contributed by atoms with E-state index >= 15 is 0 Å². The number of allylic oxidation sites excluding steroid dienone is 4. The molecule has 1 aliphatic carbocycles. The zero-order chi connectivity index (χ0) is 17.2. The molecule has 2 nitrogen and oxygen atoms in total. The van der Waals surface area contributed by atoms with Crippen molar-refractivity contribution in [2.24, 2.45) is 5.92 Å². The lowest BCUT2D eigenvalue weighted by atomic mass is 9.76. The maximum absolute atomic E-state index is 4.01. The molecule has 124 valence electrons. The van der Waals surface area contributed by atoms with Gasteiger partial charge in [0.2, 0.25) is 5.69 Å². The molecule has 1 aromatic carbocycles. The third kappa shape index (κ3) is 2.89. The largest absolute Gasteiger partial charge is 0.383 e. The van der Waals surface area contributed by atoms with Crippen LogP contribution in [0.5, 0.6) is 0 Å². The molecule has 0 amide bonds. The first-order chi connectivity index (χ1) is 11.6. The molecule has 2 aliphatic rings. The molecule has 0 N–H and O–H groups in total. The van der Waals surface area contributed by atoms with E-state index in [1.807, 2.05) is 6.08 Å². The molecule has 0 fully saturated rings. The zero-order valence-electron chi connectivity index (χ0n) is 14.9. The second-order valence-electron chi connectivity index (χ2n) is 7.05. The number of hydrogen-bond acceptors (Lipinski definition) is 1. The van der Waals surface area contributed by atoms with Gasteiger partial charge in [-0.2, -0.15) is 4.58 Å². The fourth-order valence-electron chi connectivity index (χ4n) is 3.75. The molecular weight excluding hydrogens is 292 g/mol. The van der Waals surface area contributed by atoms with Crippen LogP contribution in [0.4, 0.5) is 5.69 Å². The Kier molecular flexibility index (Phi) is 4.57. The monoisotopic (exact) mass is 319 g/mol. The number of fused-ring (bicyclic) bond motifs is 1. The van der Waals surface area contributed by atoms with Gasteiger partial charge in [-0.05, 0) is 13.3 Å². The topological polar surface area (TPSA) is 6.25 Å². The van der Waals surface area contributed by atoms with Gasteiger partial charge in [0.25, 0.3) is 0 Å². The summed E-state index contributed by atoms with van der Waals surface area (Å²) < 4.78 is 2.49. The third-order valence-corrected chi connectivity index (χ3v) is 4.95. The smallest absolute Gasteiger partial charge is 0.209 e. The van der Waals surface area contributed by atoms with Gasteiger partial charge in [0.05, 0.1) is 11.3 Å². The summed E-state index contributed by atoms with van der Waals surface area (Å²) in [5.74, 6) is 0.465. The van der Waals surface area contributed by atoms with Gasteiger partial charge in [-0.1, -0.05) is 48.6 Å². The van der Waals surface area contributed by atoms with Crippen LogP contribution in [0, 0.1) is 5.92 Å². The molecule has 1 heterocycles. The van der Waals surface area contributed by atoms with Crippen molar-refractivity contribution in [3.05, 3.63) is 79.1 Å². The van der Waals surface area contributed by atoms with E-state index in [1.54, 1.807) is 0 Å². The van der Waals surface area contributed by atoms with E-state index < -0.39 is 0 Å². The number of benzene rings is 1. The average Bonchev–Trinajstić information content (AvgIpc) is 3.13. The predicted octanol–water partition coefficient (Wildman–Crippen LogP) is 4.44. The van der Waals surface area contributed by atoms with Gasteiger partial charge in [0.1, 0.15) is 0 Å². The van der Waals surface area contributed by atoms with Crippen LogP contribution in [-0.2, 0) is 5.41 Å². The first kappa shape index (κ1) is 16.5. The highest BCUT2D eigenvalue weighted by atomic mass is 15.1. The molecule has 1 unspecified atom stereocenters. The molecular formula is C22H27N2+. The van der Waals surface area contributed by atoms with Gasteiger partial charge in [-0.3, -0.25) is 0 Å². The Balaban J connectivity index is 2.13. The van der Waals surface area contributed by atoms with Crippen LogP contribution in [0.2, 0.25) is 0 Å². The highest BCUT2D eigenvalue weighted by Crippen LogP contribution is 2.43. The normalized spacial score (nSPS) is 22.6. The molecule has 0 aromatic heterocycles. The second kappa shape index (κ2) is 6.64. The molecule has 0 saturated carbocycles. The molecule has 24 heavy (non-hydrogen) atoms. The van der Waals surface area contributed by atoms with Crippen molar-refractivity contribution in [1.29, 1.82) is 0 Å². The summed E-state index contributed by atoms with van der Waals surface area (Å²) in [4.78, 5) is 2.10. The van der Waals surface area contributed by atoms with Crippen LogP contribution in [0.25, 0.3) is 0 Å². The number of hydrogen-bond donors (Lipinski definition) is 0. The SMILES string of the molecule is C=CCC1(C)C(/C=C/N(C)C)=[N+](CC2C=CC=C2)c2ccccc21. The van der Waals surface area contributed by atoms with Crippen molar-refractivity contribution in [3.8, 4) is 0 Å². The summed E-state index contributed by atoms with van der Waals surface area (Å²) in [6.45, 7) is 7.32. The number of rotatable bonds is 6. The summed E-state index contributed by atoms with van der Waals surface area (Å²) in [7, 11) is 4.13. The quantitative estimate of drug-likeness (QED) is 0.555. The van der Waals surface area contributed by atoms with Crippen molar-refractivity contribution in [1.82, 2.24) is 4.90 Å². The van der Waals surface area contributed by atoms with Crippen LogP contribution < -0.4 is 0 Å². The summed E-state index contributed by atoms with van der Waals surface area (Å²) in [5, 5.41) is 0. The van der Waals surface area contributed by atoms with Crippen LogP contribution in [0.1, 0.15) is 18.9 Å². The van der Waals surface area contributed by atoms with Crippen LogP contribution >= 0.6 is 0 Å². The maximum Gasteiger partial charge on any atom is 0.209 e. The molecule has 1 aromatic rings. The number of nitrogens with zero attached hydrogens (tertiary/aromatic N) is 2. The van der Waals surface area contributed by atoms with Crippen molar-refractivity contribution in [2.45, 2.75) is 18.8 Å². The molecule has 0 radical (unpaired) electrons. The second-order valence-corrected chi connectivity index (χ2v) is 7.05. The van der Waals surface area contributed by atoms with Gasteiger partial charge < -0.3 is 4.90 Å². The van der Waals surface area contributed by atoms with Gasteiger partial charge in [-0.15, -0.1) is 6.58 Å². The minimum Gasteiger partial charge on any atom is -0.383 e. The predicted molar refractivity (Wildman–Crippen MR) is 103 cm³/mol. The maximum atomic E-state index is 4.01. The van der Waals surface area contributed by atoms with E-state index in [0.717, 1.165) is 13.0 Å². The van der Waals surface area contributed by atoms with Crippen molar-refractivity contribution >= 4 is 11.4 Å². The van der Waals surface area contributed by atoms with Crippen LogP contribution in [-0.4, -0.2) is 35.8 Å². The Hall–Kier alpha value is -2.35. The first-order valence-electron chi connectivity index (χ1n) is 8.61. The van der Waals surface area contributed by atoms with Gasteiger partial charge in [-0.25, -0.2) is 0 Å². The van der Waals surface area contributed by atoms with E-state index in [9.17, 15) is 0 Å². The highest BCUT2D eigenvalue weighted by Gasteiger charge is 2.47. The minimum atomic E-state index is -0.0309. The molecule has 0 bridgehead atoms. The van der Waals surface area contributed by atoms with Gasteiger partial charge >= 0.3 is 0 Å². The molecule has 1 aliphatic heterocycles. The molecule has 1 atom stereocenters.